The van der Waals surface area contributed by atoms with Gasteiger partial charge in [-0.15, -0.1) is 0 Å². The average Bonchev–Trinajstić information content (AvgIpc) is 3.56. The molecule has 1 aliphatic heterocycles. The van der Waals surface area contributed by atoms with Gasteiger partial charge >= 0.3 is 0 Å². The SMILES string of the molecule is c1ncc(-c2ccc3c4c2C[C@@H](N(CC2CC2)CC2CC2)C[C@H]4CN3)o1. The number of benzene rings is 1. The van der Waals surface area contributed by atoms with E-state index in [2.05, 4.69) is 27.3 Å². The van der Waals surface area contributed by atoms with Crippen molar-refractivity contribution in [1.82, 2.24) is 9.88 Å². The van der Waals surface area contributed by atoms with Crippen LogP contribution in [-0.4, -0.2) is 35.6 Å². The summed E-state index contributed by atoms with van der Waals surface area (Å²) in [5.41, 5.74) is 5.69. The fraction of sp³-hybridized carbons (Fsp3) is 0.591. The first-order chi connectivity index (χ1) is 12.8. The maximum absolute atomic E-state index is 5.68. The molecule has 2 fully saturated rings. The molecule has 136 valence electrons. The highest BCUT2D eigenvalue weighted by Crippen LogP contribution is 2.47. The van der Waals surface area contributed by atoms with E-state index >= 15 is 0 Å². The normalized spacial score (nSPS) is 26.8. The Hall–Kier alpha value is -1.81. The van der Waals surface area contributed by atoms with Crippen molar-refractivity contribution in [1.29, 1.82) is 0 Å². The van der Waals surface area contributed by atoms with Crippen LogP contribution in [0.25, 0.3) is 11.3 Å². The van der Waals surface area contributed by atoms with E-state index in [1.807, 2.05) is 6.20 Å². The highest BCUT2D eigenvalue weighted by molar-refractivity contribution is 5.73. The number of anilines is 1. The second-order valence-corrected chi connectivity index (χ2v) is 8.93. The van der Waals surface area contributed by atoms with Crippen LogP contribution in [0.5, 0.6) is 0 Å². The minimum Gasteiger partial charge on any atom is -0.444 e. The first kappa shape index (κ1) is 15.3. The fourth-order valence-electron chi connectivity index (χ4n) is 5.18. The average molecular weight is 349 g/mol. The Bertz CT molecular complexity index is 793. The lowest BCUT2D eigenvalue weighted by Gasteiger charge is -2.38. The first-order valence-electron chi connectivity index (χ1n) is 10.4. The number of nitrogens with zero attached hydrogens (tertiary/aromatic N) is 2. The fourth-order valence-corrected chi connectivity index (χ4v) is 5.18. The largest absolute Gasteiger partial charge is 0.444 e. The Morgan fingerprint density at radius 3 is 2.62 bits per heavy atom. The van der Waals surface area contributed by atoms with E-state index < -0.39 is 0 Å². The van der Waals surface area contributed by atoms with E-state index in [0.29, 0.717) is 12.0 Å². The molecule has 2 aromatic rings. The second-order valence-electron chi connectivity index (χ2n) is 8.93. The van der Waals surface area contributed by atoms with Gasteiger partial charge < -0.3 is 9.73 Å². The third-order valence-electron chi connectivity index (χ3n) is 6.89. The van der Waals surface area contributed by atoms with Gasteiger partial charge in [-0.25, -0.2) is 4.98 Å². The van der Waals surface area contributed by atoms with Crippen LogP contribution in [-0.2, 0) is 6.42 Å². The molecule has 0 saturated heterocycles. The van der Waals surface area contributed by atoms with Crippen LogP contribution in [0.3, 0.4) is 0 Å². The van der Waals surface area contributed by atoms with Gasteiger partial charge in [-0.05, 0) is 73.6 Å². The molecule has 4 aliphatic rings. The van der Waals surface area contributed by atoms with Gasteiger partial charge in [-0.2, -0.15) is 0 Å². The molecule has 0 spiro atoms. The molecule has 1 aromatic carbocycles. The number of oxazole rings is 1. The van der Waals surface area contributed by atoms with Crippen molar-refractivity contribution in [2.24, 2.45) is 11.8 Å². The highest BCUT2D eigenvalue weighted by atomic mass is 16.3. The topological polar surface area (TPSA) is 41.3 Å². The summed E-state index contributed by atoms with van der Waals surface area (Å²) in [6.45, 7) is 3.75. The van der Waals surface area contributed by atoms with Gasteiger partial charge in [0.05, 0.1) is 6.20 Å². The molecule has 1 aromatic heterocycles. The quantitative estimate of drug-likeness (QED) is 0.845. The van der Waals surface area contributed by atoms with Crippen molar-refractivity contribution in [2.75, 3.05) is 25.0 Å². The van der Waals surface area contributed by atoms with Crippen LogP contribution in [0.1, 0.15) is 49.1 Å². The molecule has 0 amide bonds. The number of nitrogens with one attached hydrogen (secondary N) is 1. The molecule has 1 N–H and O–H groups in total. The van der Waals surface area contributed by atoms with Crippen LogP contribution >= 0.6 is 0 Å². The molecular formula is C22H27N3O. The Morgan fingerprint density at radius 1 is 1.12 bits per heavy atom. The van der Waals surface area contributed by atoms with Crippen LogP contribution in [0.15, 0.2) is 29.1 Å². The summed E-state index contributed by atoms with van der Waals surface area (Å²) in [5.74, 6) is 3.52. The molecule has 26 heavy (non-hydrogen) atoms. The summed E-state index contributed by atoms with van der Waals surface area (Å²) in [6.07, 6.45) is 11.7. The van der Waals surface area contributed by atoms with Gasteiger partial charge in [0.15, 0.2) is 12.2 Å². The monoisotopic (exact) mass is 349 g/mol. The van der Waals surface area contributed by atoms with Crippen LogP contribution in [0.2, 0.25) is 0 Å². The Balaban J connectivity index is 1.36. The van der Waals surface area contributed by atoms with Crippen molar-refractivity contribution in [3.8, 4) is 11.3 Å². The molecular weight excluding hydrogens is 322 g/mol. The van der Waals surface area contributed by atoms with Gasteiger partial charge in [0.25, 0.3) is 0 Å². The Kier molecular flexibility index (Phi) is 3.43. The van der Waals surface area contributed by atoms with Crippen LogP contribution in [0, 0.1) is 11.8 Å². The molecule has 4 heteroatoms. The highest BCUT2D eigenvalue weighted by Gasteiger charge is 2.39. The predicted octanol–water partition coefficient (Wildman–Crippen LogP) is 4.29. The summed E-state index contributed by atoms with van der Waals surface area (Å²) >= 11 is 0. The third-order valence-corrected chi connectivity index (χ3v) is 6.89. The van der Waals surface area contributed by atoms with E-state index in [1.165, 1.54) is 62.0 Å². The van der Waals surface area contributed by atoms with E-state index in [9.17, 15) is 0 Å². The summed E-state index contributed by atoms with van der Waals surface area (Å²) < 4.78 is 5.68. The van der Waals surface area contributed by atoms with Crippen molar-refractivity contribution < 1.29 is 4.42 Å². The van der Waals surface area contributed by atoms with Gasteiger partial charge in [0.1, 0.15) is 0 Å². The number of hydrogen-bond acceptors (Lipinski definition) is 4. The number of aromatic nitrogens is 1. The molecule has 2 saturated carbocycles. The van der Waals surface area contributed by atoms with Gasteiger partial charge in [0, 0.05) is 42.8 Å². The smallest absolute Gasteiger partial charge is 0.181 e. The molecule has 4 nitrogen and oxygen atoms in total. The van der Waals surface area contributed by atoms with Gasteiger partial charge in [-0.1, -0.05) is 0 Å². The van der Waals surface area contributed by atoms with Gasteiger partial charge in [-0.3, -0.25) is 4.90 Å². The second kappa shape index (κ2) is 5.85. The zero-order valence-electron chi connectivity index (χ0n) is 15.3. The lowest BCUT2D eigenvalue weighted by Crippen LogP contribution is -2.43. The molecule has 0 radical (unpaired) electrons. The minimum absolute atomic E-state index is 0.655. The van der Waals surface area contributed by atoms with E-state index in [-0.39, 0.29) is 0 Å². The molecule has 2 atom stereocenters. The Labute approximate surface area is 155 Å². The summed E-state index contributed by atoms with van der Waals surface area (Å²) in [5, 5.41) is 3.66. The Morgan fingerprint density at radius 2 is 1.92 bits per heavy atom. The van der Waals surface area contributed by atoms with Crippen LogP contribution < -0.4 is 5.32 Å². The first-order valence-corrected chi connectivity index (χ1v) is 10.4. The summed E-state index contributed by atoms with van der Waals surface area (Å²) in [4.78, 5) is 7.03. The van der Waals surface area contributed by atoms with E-state index in [1.54, 1.807) is 12.0 Å². The number of rotatable bonds is 6. The summed E-state index contributed by atoms with van der Waals surface area (Å²) in [6, 6.07) is 5.16. The van der Waals surface area contributed by atoms with Gasteiger partial charge in [0.2, 0.25) is 0 Å². The molecule has 0 bridgehead atoms. The lowest BCUT2D eigenvalue weighted by molar-refractivity contribution is 0.158. The molecule has 0 unspecified atom stereocenters. The van der Waals surface area contributed by atoms with E-state index in [0.717, 1.165) is 30.6 Å². The van der Waals surface area contributed by atoms with Crippen molar-refractivity contribution in [2.45, 2.75) is 50.5 Å². The maximum Gasteiger partial charge on any atom is 0.181 e. The zero-order chi connectivity index (χ0) is 17.1. The van der Waals surface area contributed by atoms with Crippen molar-refractivity contribution in [3.63, 3.8) is 0 Å². The number of hydrogen-bond donors (Lipinski definition) is 1. The van der Waals surface area contributed by atoms with Crippen LogP contribution in [0.4, 0.5) is 5.69 Å². The molecule has 6 rings (SSSR count). The standard InChI is InChI=1S/C22H27N3O/c1-2-14(1)11-25(12-15-3-4-15)17-7-16-9-24-20-6-5-18(19(8-17)22(16)20)21-10-23-13-26-21/h5-6,10,13-17,24H,1-4,7-9,11-12H2/t16-,17-/m0/s1. The third kappa shape index (κ3) is 2.66. The lowest BCUT2D eigenvalue weighted by atomic mass is 9.78. The van der Waals surface area contributed by atoms with Crippen molar-refractivity contribution >= 4 is 5.69 Å². The predicted molar refractivity (Wildman–Crippen MR) is 102 cm³/mol. The molecule has 2 heterocycles. The van der Waals surface area contributed by atoms with Crippen molar-refractivity contribution in [3.05, 3.63) is 35.9 Å². The minimum atomic E-state index is 0.655. The summed E-state index contributed by atoms with van der Waals surface area (Å²) in [7, 11) is 0. The molecule has 3 aliphatic carbocycles. The zero-order valence-corrected chi connectivity index (χ0v) is 15.3. The maximum atomic E-state index is 5.68. The van der Waals surface area contributed by atoms with E-state index in [4.69, 9.17) is 4.42 Å².